The second-order valence-electron chi connectivity index (χ2n) is 11.9. The van der Waals surface area contributed by atoms with E-state index in [0.29, 0.717) is 24.3 Å². The summed E-state index contributed by atoms with van der Waals surface area (Å²) in [5, 5.41) is 5.80. The number of hydrogen-bond donors (Lipinski definition) is 2. The van der Waals surface area contributed by atoms with Crippen LogP contribution in [0.25, 0.3) is 0 Å². The van der Waals surface area contributed by atoms with Crippen molar-refractivity contribution >= 4 is 23.4 Å². The van der Waals surface area contributed by atoms with E-state index in [2.05, 4.69) is 27.7 Å². The van der Waals surface area contributed by atoms with Crippen LogP contribution >= 0.6 is 0 Å². The molecule has 4 atom stereocenters. The number of likely N-dealkylation sites (tertiary alicyclic amines) is 1. The largest absolute Gasteiger partial charge is 0.490 e. The monoisotopic (exact) mass is 618 g/mol. The molecule has 2 fully saturated rings. The lowest BCUT2D eigenvalue weighted by atomic mass is 9.94. The average molecular weight is 619 g/mol. The van der Waals surface area contributed by atoms with Gasteiger partial charge < -0.3 is 25.0 Å². The van der Waals surface area contributed by atoms with Crippen LogP contribution in [-0.2, 0) is 16.1 Å². The number of benzene rings is 3. The third kappa shape index (κ3) is 7.15. The highest BCUT2D eigenvalue weighted by molar-refractivity contribution is 6.05. The van der Waals surface area contributed by atoms with Gasteiger partial charge in [-0.3, -0.25) is 19.3 Å². The molecule has 0 spiro atoms. The van der Waals surface area contributed by atoms with E-state index in [1.165, 1.54) is 17.7 Å². The molecule has 2 N–H and O–H groups in total. The third-order valence-electron chi connectivity index (χ3n) is 8.75. The summed E-state index contributed by atoms with van der Waals surface area (Å²) in [5.41, 5.74) is 1.77. The number of likely N-dealkylation sites (N-methyl/N-ethyl adjacent to an activating group) is 1. The lowest BCUT2D eigenvalue weighted by Gasteiger charge is -2.42. The quantitative estimate of drug-likeness (QED) is 0.408. The van der Waals surface area contributed by atoms with Gasteiger partial charge in [0.05, 0.1) is 24.1 Å². The molecule has 0 unspecified atom stereocenters. The van der Waals surface area contributed by atoms with Crippen LogP contribution in [0.15, 0.2) is 66.7 Å². The Kier molecular flexibility index (Phi) is 9.09. The normalized spacial score (nSPS) is 23.3. The average Bonchev–Trinajstić information content (AvgIpc) is 3.47. The second-order valence-corrected chi connectivity index (χ2v) is 11.9. The minimum absolute atomic E-state index is 0.0375. The summed E-state index contributed by atoms with van der Waals surface area (Å²) < 4.78 is 39.2. The zero-order valence-electron chi connectivity index (χ0n) is 25.0. The molecular weight excluding hydrogens is 582 g/mol. The molecule has 6 rings (SSSR count). The maximum atomic E-state index is 13.6. The fourth-order valence-corrected chi connectivity index (χ4v) is 6.38. The van der Waals surface area contributed by atoms with E-state index < -0.39 is 23.6 Å². The van der Waals surface area contributed by atoms with Crippen LogP contribution in [0.3, 0.4) is 0 Å². The predicted octanol–water partition coefficient (Wildman–Crippen LogP) is 4.38. The van der Waals surface area contributed by atoms with Crippen molar-refractivity contribution in [2.45, 2.75) is 56.5 Å². The van der Waals surface area contributed by atoms with Gasteiger partial charge in [-0.25, -0.2) is 8.78 Å². The topological polar surface area (TPSA) is 100 Å². The number of nitrogens with zero attached hydrogens (tertiary/aromatic N) is 2. The van der Waals surface area contributed by atoms with Gasteiger partial charge in [0.1, 0.15) is 18.5 Å². The lowest BCUT2D eigenvalue weighted by molar-refractivity contribution is -0.134. The summed E-state index contributed by atoms with van der Waals surface area (Å²) in [4.78, 5) is 43.1. The Labute approximate surface area is 260 Å². The van der Waals surface area contributed by atoms with Gasteiger partial charge in [0, 0.05) is 44.0 Å². The molecule has 9 nitrogen and oxygen atoms in total. The summed E-state index contributed by atoms with van der Waals surface area (Å²) in [5.74, 6) is -2.82. The van der Waals surface area contributed by atoms with Crippen LogP contribution in [-0.4, -0.2) is 78.6 Å². The van der Waals surface area contributed by atoms with E-state index in [4.69, 9.17) is 9.47 Å². The molecule has 3 aromatic rings. The lowest BCUT2D eigenvalue weighted by Crippen LogP contribution is -2.54. The Balaban J connectivity index is 1.04. The molecule has 3 aliphatic heterocycles. The number of ether oxygens (including phenoxy) is 2. The molecule has 0 radical (unpaired) electrons. The summed E-state index contributed by atoms with van der Waals surface area (Å²) in [6.45, 7) is 2.80. The maximum Gasteiger partial charge on any atom is 0.257 e. The molecule has 3 aliphatic rings. The van der Waals surface area contributed by atoms with Crippen molar-refractivity contribution in [3.05, 3.63) is 95.1 Å². The minimum Gasteiger partial charge on any atom is -0.490 e. The standard InChI is InChI=1S/C34H36F2N4O5/c1-39-29-11-9-25(17-32(41)37-24-13-14-40(19-24)18-21-5-3-2-4-6-21)45-31(29)20-44-30-12-8-23(16-26(30)34(39)43)38-33(42)22-7-10-27(35)28(36)15-22/h2-8,10,12,15-16,24-25,29,31H,9,11,13-14,17-20H2,1H3,(H,37,41)(H,38,42)/t24-,25-,29+,31+/m0/s1. The van der Waals surface area contributed by atoms with Gasteiger partial charge in [0.15, 0.2) is 11.6 Å². The number of fused-ring (bicyclic) bond motifs is 2. The molecule has 0 aromatic heterocycles. The van der Waals surface area contributed by atoms with E-state index in [0.717, 1.165) is 38.2 Å². The Hall–Kier alpha value is -4.35. The number of nitrogens with one attached hydrogen (secondary N) is 2. The summed E-state index contributed by atoms with van der Waals surface area (Å²) in [7, 11) is 1.71. The number of halogens is 2. The molecule has 45 heavy (non-hydrogen) atoms. The Morgan fingerprint density at radius 1 is 0.978 bits per heavy atom. The molecule has 0 bridgehead atoms. The molecule has 3 heterocycles. The summed E-state index contributed by atoms with van der Waals surface area (Å²) in [6, 6.07) is 17.7. The van der Waals surface area contributed by atoms with E-state index in [9.17, 15) is 23.2 Å². The van der Waals surface area contributed by atoms with Gasteiger partial charge in [-0.05, 0) is 61.2 Å². The van der Waals surface area contributed by atoms with Crippen LogP contribution < -0.4 is 15.4 Å². The van der Waals surface area contributed by atoms with Gasteiger partial charge in [-0.15, -0.1) is 0 Å². The highest BCUT2D eigenvalue weighted by Gasteiger charge is 2.39. The van der Waals surface area contributed by atoms with Crippen molar-refractivity contribution in [1.82, 2.24) is 15.1 Å². The Morgan fingerprint density at radius 2 is 1.80 bits per heavy atom. The van der Waals surface area contributed by atoms with E-state index in [1.807, 2.05) is 18.2 Å². The Bertz CT molecular complexity index is 1570. The molecule has 3 amide bonds. The van der Waals surface area contributed by atoms with Gasteiger partial charge in [0.25, 0.3) is 11.8 Å². The second kappa shape index (κ2) is 13.3. The molecule has 11 heteroatoms. The first-order chi connectivity index (χ1) is 21.7. The summed E-state index contributed by atoms with van der Waals surface area (Å²) >= 11 is 0. The van der Waals surface area contributed by atoms with Crippen molar-refractivity contribution in [2.24, 2.45) is 0 Å². The first-order valence-corrected chi connectivity index (χ1v) is 15.2. The van der Waals surface area contributed by atoms with E-state index in [-0.39, 0.29) is 54.2 Å². The molecule has 0 saturated carbocycles. The van der Waals surface area contributed by atoms with Gasteiger partial charge >= 0.3 is 0 Å². The van der Waals surface area contributed by atoms with Crippen molar-refractivity contribution < 1.29 is 32.6 Å². The number of rotatable bonds is 7. The zero-order chi connectivity index (χ0) is 31.5. The number of anilines is 1. The van der Waals surface area contributed by atoms with Gasteiger partial charge in [0.2, 0.25) is 5.91 Å². The number of carbonyl (C=O) groups is 3. The maximum absolute atomic E-state index is 13.6. The smallest absolute Gasteiger partial charge is 0.257 e. The number of carbonyl (C=O) groups excluding carboxylic acids is 3. The van der Waals surface area contributed by atoms with Crippen molar-refractivity contribution in [3.8, 4) is 5.75 Å². The molecule has 2 saturated heterocycles. The highest BCUT2D eigenvalue weighted by atomic mass is 19.2. The SMILES string of the molecule is CN1C(=O)c2cc(NC(=O)c3ccc(F)c(F)c3)ccc2OC[C@H]2O[C@H](CC(=O)N[C@H]3CCN(Cc4ccccc4)C3)CC[C@H]21. The number of hydrogen-bond acceptors (Lipinski definition) is 6. The predicted molar refractivity (Wildman–Crippen MR) is 163 cm³/mol. The first kappa shape index (κ1) is 30.7. The van der Waals surface area contributed by atoms with E-state index in [1.54, 1.807) is 24.1 Å². The van der Waals surface area contributed by atoms with Crippen LogP contribution in [0, 0.1) is 11.6 Å². The molecule has 3 aromatic carbocycles. The van der Waals surface area contributed by atoms with Crippen LogP contribution in [0.2, 0.25) is 0 Å². The molecule has 0 aliphatic carbocycles. The van der Waals surface area contributed by atoms with Crippen LogP contribution in [0.4, 0.5) is 14.5 Å². The van der Waals surface area contributed by atoms with Crippen molar-refractivity contribution in [1.29, 1.82) is 0 Å². The van der Waals surface area contributed by atoms with Gasteiger partial charge in [-0.1, -0.05) is 30.3 Å². The molecular formula is C34H36F2N4O5. The fourth-order valence-electron chi connectivity index (χ4n) is 6.38. The zero-order valence-corrected chi connectivity index (χ0v) is 25.0. The minimum atomic E-state index is -1.13. The molecule has 236 valence electrons. The van der Waals surface area contributed by atoms with E-state index >= 15 is 0 Å². The summed E-state index contributed by atoms with van der Waals surface area (Å²) in [6.07, 6.45) is 1.71. The van der Waals surface area contributed by atoms with Crippen molar-refractivity contribution in [2.75, 3.05) is 32.1 Å². The van der Waals surface area contributed by atoms with Crippen molar-refractivity contribution in [3.63, 3.8) is 0 Å². The highest BCUT2D eigenvalue weighted by Crippen LogP contribution is 2.33. The fraction of sp³-hybridized carbons (Fsp3) is 0.382. The third-order valence-corrected chi connectivity index (χ3v) is 8.75. The first-order valence-electron chi connectivity index (χ1n) is 15.2. The van der Waals surface area contributed by atoms with Crippen LogP contribution in [0.5, 0.6) is 5.75 Å². The Morgan fingerprint density at radius 3 is 2.60 bits per heavy atom. The van der Waals surface area contributed by atoms with Gasteiger partial charge in [-0.2, -0.15) is 0 Å². The van der Waals surface area contributed by atoms with Crippen LogP contribution in [0.1, 0.15) is 52.0 Å². The number of amides is 3.